The van der Waals surface area contributed by atoms with E-state index in [0.717, 1.165) is 28.2 Å². The van der Waals surface area contributed by atoms with Crippen molar-refractivity contribution >= 4 is 17.1 Å². The number of aryl methyl sites for hydroxylation is 3. The van der Waals surface area contributed by atoms with Crippen LogP contribution in [-0.2, 0) is 11.2 Å². The van der Waals surface area contributed by atoms with E-state index in [4.69, 9.17) is 5.10 Å². The SMILES string of the molecule is Cc1ccc(C)c(-c2cc3c4nnc(CCC(=O)NC(C)C)n4ccn3n2)c1. The summed E-state index contributed by atoms with van der Waals surface area (Å²) in [5.41, 5.74) is 6.05. The minimum atomic E-state index is 0.0226. The monoisotopic (exact) mass is 376 g/mol. The molecule has 0 fully saturated rings. The van der Waals surface area contributed by atoms with Crippen molar-refractivity contribution in [2.24, 2.45) is 0 Å². The Labute approximate surface area is 163 Å². The minimum absolute atomic E-state index is 0.0226. The second-order valence-corrected chi connectivity index (χ2v) is 7.51. The van der Waals surface area contributed by atoms with Crippen molar-refractivity contribution in [3.8, 4) is 11.3 Å². The number of nitrogens with zero attached hydrogens (tertiary/aromatic N) is 5. The van der Waals surface area contributed by atoms with Crippen molar-refractivity contribution in [1.82, 2.24) is 29.5 Å². The number of hydrogen-bond donors (Lipinski definition) is 1. The molecule has 0 atom stereocenters. The molecule has 1 N–H and O–H groups in total. The number of amides is 1. The van der Waals surface area contributed by atoms with Crippen LogP contribution in [0.5, 0.6) is 0 Å². The zero-order valence-corrected chi connectivity index (χ0v) is 16.6. The molecule has 1 aromatic carbocycles. The fraction of sp³-hybridized carbons (Fsp3) is 0.333. The number of rotatable bonds is 5. The number of carbonyl (C=O) groups is 1. The van der Waals surface area contributed by atoms with Crippen molar-refractivity contribution in [2.45, 2.75) is 46.6 Å². The molecule has 0 spiro atoms. The zero-order chi connectivity index (χ0) is 19.8. The van der Waals surface area contributed by atoms with Gasteiger partial charge in [0.25, 0.3) is 0 Å². The molecule has 0 bridgehead atoms. The number of benzene rings is 1. The molecule has 0 saturated carbocycles. The standard InChI is InChI=1S/C21H24N6O/c1-13(2)22-20(28)8-7-19-23-24-21-18-12-17(25-27(18)10-9-26(19)21)16-11-14(3)5-6-15(16)4/h5-6,9-13H,7-8H2,1-4H3,(H,22,28). The third kappa shape index (κ3) is 3.35. The van der Waals surface area contributed by atoms with Crippen molar-refractivity contribution in [3.05, 3.63) is 53.6 Å². The summed E-state index contributed by atoms with van der Waals surface area (Å²) < 4.78 is 3.77. The lowest BCUT2D eigenvalue weighted by Gasteiger charge is -2.07. The van der Waals surface area contributed by atoms with Crippen molar-refractivity contribution in [3.63, 3.8) is 0 Å². The predicted molar refractivity (Wildman–Crippen MR) is 108 cm³/mol. The fourth-order valence-electron chi connectivity index (χ4n) is 3.39. The molecule has 4 aromatic rings. The molecule has 3 heterocycles. The average Bonchev–Trinajstić information content (AvgIpc) is 3.24. The highest BCUT2D eigenvalue weighted by molar-refractivity contribution is 5.78. The smallest absolute Gasteiger partial charge is 0.220 e. The van der Waals surface area contributed by atoms with Crippen molar-refractivity contribution in [1.29, 1.82) is 0 Å². The third-order valence-corrected chi connectivity index (χ3v) is 4.78. The molecule has 0 unspecified atom stereocenters. The summed E-state index contributed by atoms with van der Waals surface area (Å²) in [4.78, 5) is 11.9. The summed E-state index contributed by atoms with van der Waals surface area (Å²) in [5, 5.41) is 16.3. The van der Waals surface area contributed by atoms with E-state index in [1.165, 1.54) is 11.1 Å². The maximum atomic E-state index is 11.9. The van der Waals surface area contributed by atoms with E-state index in [2.05, 4.69) is 47.6 Å². The lowest BCUT2D eigenvalue weighted by molar-refractivity contribution is -0.121. The molecule has 3 aromatic heterocycles. The lowest BCUT2D eigenvalue weighted by Crippen LogP contribution is -2.30. The molecule has 0 aliphatic rings. The predicted octanol–water partition coefficient (Wildman–Crippen LogP) is 3.12. The molecule has 7 heteroatoms. The van der Waals surface area contributed by atoms with Crippen LogP contribution in [-0.4, -0.2) is 36.2 Å². The Morgan fingerprint density at radius 3 is 2.75 bits per heavy atom. The molecule has 28 heavy (non-hydrogen) atoms. The van der Waals surface area contributed by atoms with Gasteiger partial charge in [-0.05, 0) is 45.4 Å². The minimum Gasteiger partial charge on any atom is -0.354 e. The van der Waals surface area contributed by atoms with Crippen molar-refractivity contribution < 1.29 is 4.79 Å². The summed E-state index contributed by atoms with van der Waals surface area (Å²) in [5.74, 6) is 0.792. The van der Waals surface area contributed by atoms with Crippen LogP contribution < -0.4 is 5.32 Å². The molecule has 0 aliphatic carbocycles. The summed E-state index contributed by atoms with van der Waals surface area (Å²) in [6.07, 6.45) is 4.72. The zero-order valence-electron chi connectivity index (χ0n) is 16.6. The first-order chi connectivity index (χ1) is 13.4. The quantitative estimate of drug-likeness (QED) is 0.581. The highest BCUT2D eigenvalue weighted by atomic mass is 16.1. The summed E-state index contributed by atoms with van der Waals surface area (Å²) in [6, 6.07) is 8.55. The Bertz CT molecular complexity index is 1170. The molecule has 1 amide bonds. The Balaban J connectivity index is 1.69. The van der Waals surface area contributed by atoms with Gasteiger partial charge in [0.15, 0.2) is 5.65 Å². The number of fused-ring (bicyclic) bond motifs is 3. The van der Waals surface area contributed by atoms with Crippen LogP contribution in [0.2, 0.25) is 0 Å². The van der Waals surface area contributed by atoms with Crippen LogP contribution in [0.1, 0.15) is 37.2 Å². The van der Waals surface area contributed by atoms with Crippen LogP contribution in [0.4, 0.5) is 0 Å². The number of hydrogen-bond acceptors (Lipinski definition) is 4. The Morgan fingerprint density at radius 2 is 1.96 bits per heavy atom. The van der Waals surface area contributed by atoms with Crippen molar-refractivity contribution in [2.75, 3.05) is 0 Å². The van der Waals surface area contributed by atoms with E-state index < -0.39 is 0 Å². The van der Waals surface area contributed by atoms with Gasteiger partial charge < -0.3 is 5.32 Å². The first-order valence-electron chi connectivity index (χ1n) is 9.51. The molecule has 7 nitrogen and oxygen atoms in total. The molecule has 0 saturated heterocycles. The van der Waals surface area contributed by atoms with E-state index >= 15 is 0 Å². The van der Waals surface area contributed by atoms with Gasteiger partial charge in [0.1, 0.15) is 11.3 Å². The number of nitrogens with one attached hydrogen (secondary N) is 1. The number of carbonyl (C=O) groups excluding carboxylic acids is 1. The molecule has 0 radical (unpaired) electrons. The molecule has 4 rings (SSSR count). The molecular formula is C21H24N6O. The second-order valence-electron chi connectivity index (χ2n) is 7.51. The molecule has 0 aliphatic heterocycles. The Kier molecular flexibility index (Phi) is 4.58. The van der Waals surface area contributed by atoms with Gasteiger partial charge in [0, 0.05) is 36.8 Å². The fourth-order valence-corrected chi connectivity index (χ4v) is 3.39. The van der Waals surface area contributed by atoms with Gasteiger partial charge in [0.2, 0.25) is 5.91 Å². The third-order valence-electron chi connectivity index (χ3n) is 4.78. The van der Waals surface area contributed by atoms with Crippen LogP contribution in [0.25, 0.3) is 22.4 Å². The maximum Gasteiger partial charge on any atom is 0.220 e. The van der Waals surface area contributed by atoms with E-state index in [0.29, 0.717) is 12.8 Å². The summed E-state index contributed by atoms with van der Waals surface area (Å²) >= 11 is 0. The number of aromatic nitrogens is 5. The Hall–Kier alpha value is -3.22. The molecule has 144 valence electrons. The highest BCUT2D eigenvalue weighted by Gasteiger charge is 2.14. The van der Waals surface area contributed by atoms with Crippen LogP contribution in [0, 0.1) is 13.8 Å². The summed E-state index contributed by atoms with van der Waals surface area (Å²) in [6.45, 7) is 8.07. The van der Waals surface area contributed by atoms with Gasteiger partial charge in [-0.1, -0.05) is 17.7 Å². The van der Waals surface area contributed by atoms with Gasteiger partial charge in [-0.25, -0.2) is 4.52 Å². The largest absolute Gasteiger partial charge is 0.354 e. The molecular weight excluding hydrogens is 352 g/mol. The van der Waals surface area contributed by atoms with Gasteiger partial charge in [0.05, 0.1) is 5.69 Å². The first kappa shape index (κ1) is 18.2. The Morgan fingerprint density at radius 1 is 1.14 bits per heavy atom. The first-order valence-corrected chi connectivity index (χ1v) is 9.51. The van der Waals surface area contributed by atoms with Crippen LogP contribution in [0.15, 0.2) is 36.7 Å². The van der Waals surface area contributed by atoms with E-state index in [1.54, 1.807) is 0 Å². The van der Waals surface area contributed by atoms with Gasteiger partial charge in [-0.3, -0.25) is 9.20 Å². The van der Waals surface area contributed by atoms with Crippen LogP contribution in [0.3, 0.4) is 0 Å². The topological polar surface area (TPSA) is 76.6 Å². The normalized spacial score (nSPS) is 11.6. The van der Waals surface area contributed by atoms with E-state index in [9.17, 15) is 4.79 Å². The average molecular weight is 376 g/mol. The second kappa shape index (κ2) is 7.07. The lowest BCUT2D eigenvalue weighted by atomic mass is 10.0. The summed E-state index contributed by atoms with van der Waals surface area (Å²) in [7, 11) is 0. The van der Waals surface area contributed by atoms with Gasteiger partial charge in [-0.15, -0.1) is 10.2 Å². The van der Waals surface area contributed by atoms with E-state index in [1.807, 2.05) is 41.2 Å². The van der Waals surface area contributed by atoms with Gasteiger partial charge in [-0.2, -0.15) is 5.10 Å². The van der Waals surface area contributed by atoms with Crippen LogP contribution >= 0.6 is 0 Å². The maximum absolute atomic E-state index is 11.9. The highest BCUT2D eigenvalue weighted by Crippen LogP contribution is 2.26. The van der Waals surface area contributed by atoms with Gasteiger partial charge >= 0.3 is 0 Å². The van der Waals surface area contributed by atoms with E-state index in [-0.39, 0.29) is 11.9 Å².